The van der Waals surface area contributed by atoms with E-state index in [9.17, 15) is 4.79 Å². The molecule has 2 heterocycles. The number of hydrogen-bond donors (Lipinski definition) is 1. The van der Waals surface area contributed by atoms with Gasteiger partial charge in [0.2, 0.25) is 0 Å². The number of hydrogen-bond acceptors (Lipinski definition) is 3. The fourth-order valence-electron chi connectivity index (χ4n) is 1.53. The molecule has 2 aromatic rings. The third kappa shape index (κ3) is 2.08. The SMILES string of the molecule is Cc1nn(-c2cccc(C(N)=O)n2)c(C)c1Br. The Morgan fingerprint density at radius 3 is 2.65 bits per heavy atom. The van der Waals surface area contributed by atoms with Gasteiger partial charge in [0.1, 0.15) is 5.69 Å². The Morgan fingerprint density at radius 1 is 1.41 bits per heavy atom. The van der Waals surface area contributed by atoms with E-state index < -0.39 is 5.91 Å². The zero-order chi connectivity index (χ0) is 12.6. The number of nitrogens with zero attached hydrogens (tertiary/aromatic N) is 3. The van der Waals surface area contributed by atoms with Crippen molar-refractivity contribution in [1.82, 2.24) is 14.8 Å². The van der Waals surface area contributed by atoms with Crippen LogP contribution in [0.4, 0.5) is 0 Å². The topological polar surface area (TPSA) is 73.8 Å². The molecule has 0 aliphatic heterocycles. The number of amides is 1. The summed E-state index contributed by atoms with van der Waals surface area (Å²) in [6.45, 7) is 3.81. The average molecular weight is 295 g/mol. The summed E-state index contributed by atoms with van der Waals surface area (Å²) in [5, 5.41) is 4.34. The lowest BCUT2D eigenvalue weighted by molar-refractivity contribution is 0.0995. The smallest absolute Gasteiger partial charge is 0.267 e. The summed E-state index contributed by atoms with van der Waals surface area (Å²) in [5.41, 5.74) is 7.22. The first-order chi connectivity index (χ1) is 8.00. The summed E-state index contributed by atoms with van der Waals surface area (Å²) in [4.78, 5) is 15.2. The second-order valence-electron chi connectivity index (χ2n) is 3.64. The third-order valence-electron chi connectivity index (χ3n) is 2.41. The molecule has 0 atom stereocenters. The highest BCUT2D eigenvalue weighted by Crippen LogP contribution is 2.22. The van der Waals surface area contributed by atoms with Crippen molar-refractivity contribution in [1.29, 1.82) is 0 Å². The molecule has 0 aromatic carbocycles. The van der Waals surface area contributed by atoms with Gasteiger partial charge in [0.05, 0.1) is 15.9 Å². The molecule has 88 valence electrons. The van der Waals surface area contributed by atoms with E-state index in [-0.39, 0.29) is 5.69 Å². The largest absolute Gasteiger partial charge is 0.364 e. The van der Waals surface area contributed by atoms with E-state index in [1.165, 1.54) is 0 Å². The molecule has 0 saturated heterocycles. The van der Waals surface area contributed by atoms with E-state index in [1.54, 1.807) is 22.9 Å². The zero-order valence-electron chi connectivity index (χ0n) is 9.44. The van der Waals surface area contributed by atoms with Crippen LogP contribution in [0.5, 0.6) is 0 Å². The third-order valence-corrected chi connectivity index (χ3v) is 3.55. The average Bonchev–Trinajstić information content (AvgIpc) is 2.57. The molecule has 0 bridgehead atoms. The van der Waals surface area contributed by atoms with Crippen LogP contribution >= 0.6 is 15.9 Å². The molecule has 0 radical (unpaired) electrons. The lowest BCUT2D eigenvalue weighted by Crippen LogP contribution is -2.14. The number of pyridine rings is 1. The lowest BCUT2D eigenvalue weighted by Gasteiger charge is -2.04. The summed E-state index contributed by atoms with van der Waals surface area (Å²) >= 11 is 3.44. The Balaban J connectivity index is 2.56. The summed E-state index contributed by atoms with van der Waals surface area (Å²) < 4.78 is 2.61. The summed E-state index contributed by atoms with van der Waals surface area (Å²) in [6, 6.07) is 5.08. The molecule has 0 aliphatic carbocycles. The number of carbonyl (C=O) groups is 1. The predicted molar refractivity (Wildman–Crippen MR) is 67.1 cm³/mol. The number of aryl methyl sites for hydroxylation is 1. The van der Waals surface area contributed by atoms with Crippen LogP contribution in [-0.4, -0.2) is 20.7 Å². The molecule has 2 aromatic heterocycles. The minimum absolute atomic E-state index is 0.228. The van der Waals surface area contributed by atoms with Crippen LogP contribution in [0.1, 0.15) is 21.9 Å². The maximum atomic E-state index is 11.1. The molecule has 1 amide bonds. The van der Waals surface area contributed by atoms with Gasteiger partial charge >= 0.3 is 0 Å². The van der Waals surface area contributed by atoms with Crippen molar-refractivity contribution >= 4 is 21.8 Å². The molecule has 0 spiro atoms. The lowest BCUT2D eigenvalue weighted by atomic mass is 10.3. The molecule has 6 heteroatoms. The fourth-order valence-corrected chi connectivity index (χ4v) is 1.77. The molecular weight excluding hydrogens is 284 g/mol. The van der Waals surface area contributed by atoms with Gasteiger partial charge in [-0.3, -0.25) is 4.79 Å². The first-order valence-corrected chi connectivity index (χ1v) is 5.79. The normalized spacial score (nSPS) is 10.5. The zero-order valence-corrected chi connectivity index (χ0v) is 11.0. The van der Waals surface area contributed by atoms with Gasteiger partial charge in [-0.1, -0.05) is 6.07 Å². The highest BCUT2D eigenvalue weighted by atomic mass is 79.9. The van der Waals surface area contributed by atoms with E-state index in [4.69, 9.17) is 5.73 Å². The Hall–Kier alpha value is -1.69. The number of halogens is 1. The Bertz CT molecular complexity index is 591. The number of primary amides is 1. The summed E-state index contributed by atoms with van der Waals surface area (Å²) in [5.74, 6) is 0.0278. The van der Waals surface area contributed by atoms with Gasteiger partial charge in [0.25, 0.3) is 5.91 Å². The quantitative estimate of drug-likeness (QED) is 0.917. The van der Waals surface area contributed by atoms with Crippen molar-refractivity contribution in [2.75, 3.05) is 0 Å². The van der Waals surface area contributed by atoms with Crippen LogP contribution in [0.25, 0.3) is 5.82 Å². The molecule has 0 aliphatic rings. The molecule has 0 unspecified atom stereocenters. The summed E-state index contributed by atoms with van der Waals surface area (Å²) in [7, 11) is 0. The van der Waals surface area contributed by atoms with E-state index in [0.717, 1.165) is 15.9 Å². The molecule has 2 rings (SSSR count). The maximum Gasteiger partial charge on any atom is 0.267 e. The van der Waals surface area contributed by atoms with Gasteiger partial charge in [0, 0.05) is 0 Å². The van der Waals surface area contributed by atoms with Crippen LogP contribution in [0.3, 0.4) is 0 Å². The van der Waals surface area contributed by atoms with Gasteiger partial charge in [-0.2, -0.15) is 5.10 Å². The van der Waals surface area contributed by atoms with Gasteiger partial charge < -0.3 is 5.73 Å². The molecule has 0 fully saturated rings. The van der Waals surface area contributed by atoms with E-state index in [0.29, 0.717) is 5.82 Å². The number of aromatic nitrogens is 3. The van der Waals surface area contributed by atoms with E-state index >= 15 is 0 Å². The van der Waals surface area contributed by atoms with E-state index in [2.05, 4.69) is 26.0 Å². The van der Waals surface area contributed by atoms with Crippen LogP contribution in [-0.2, 0) is 0 Å². The van der Waals surface area contributed by atoms with Crippen LogP contribution in [0, 0.1) is 13.8 Å². The number of nitrogens with two attached hydrogens (primary N) is 1. The van der Waals surface area contributed by atoms with Crippen LogP contribution in [0.2, 0.25) is 0 Å². The van der Waals surface area contributed by atoms with E-state index in [1.807, 2.05) is 13.8 Å². The van der Waals surface area contributed by atoms with Gasteiger partial charge in [-0.15, -0.1) is 0 Å². The molecule has 17 heavy (non-hydrogen) atoms. The second-order valence-corrected chi connectivity index (χ2v) is 4.43. The second kappa shape index (κ2) is 4.29. The standard InChI is InChI=1S/C11H11BrN4O/c1-6-10(12)7(2)16(15-6)9-5-3-4-8(14-9)11(13)17/h3-5H,1-2H3,(H2,13,17). The first-order valence-electron chi connectivity index (χ1n) is 4.99. The molecular formula is C11H11BrN4O. The van der Waals surface area contributed by atoms with Crippen molar-refractivity contribution in [3.63, 3.8) is 0 Å². The van der Waals surface area contributed by atoms with Crippen molar-refractivity contribution < 1.29 is 4.79 Å². The Morgan fingerprint density at radius 2 is 2.12 bits per heavy atom. The highest BCUT2D eigenvalue weighted by Gasteiger charge is 2.12. The highest BCUT2D eigenvalue weighted by molar-refractivity contribution is 9.10. The monoisotopic (exact) mass is 294 g/mol. The Kier molecular flexibility index (Phi) is 2.97. The minimum atomic E-state index is -0.549. The van der Waals surface area contributed by atoms with Crippen molar-refractivity contribution in [2.24, 2.45) is 5.73 Å². The predicted octanol–water partition coefficient (Wildman–Crippen LogP) is 1.75. The van der Waals surface area contributed by atoms with Crippen LogP contribution < -0.4 is 5.73 Å². The van der Waals surface area contributed by atoms with Gasteiger partial charge in [-0.05, 0) is 41.9 Å². The molecule has 0 saturated carbocycles. The first kappa shape index (κ1) is 11.8. The molecule has 2 N–H and O–H groups in total. The van der Waals surface area contributed by atoms with Crippen molar-refractivity contribution in [2.45, 2.75) is 13.8 Å². The van der Waals surface area contributed by atoms with Gasteiger partial charge in [-0.25, -0.2) is 9.67 Å². The fraction of sp³-hybridized carbons (Fsp3) is 0.182. The minimum Gasteiger partial charge on any atom is -0.364 e. The summed E-state index contributed by atoms with van der Waals surface area (Å²) in [6.07, 6.45) is 0. The number of carbonyl (C=O) groups excluding carboxylic acids is 1. The van der Waals surface area contributed by atoms with Crippen molar-refractivity contribution in [3.05, 3.63) is 39.8 Å². The van der Waals surface area contributed by atoms with Crippen molar-refractivity contribution in [3.8, 4) is 5.82 Å². The maximum absolute atomic E-state index is 11.1. The van der Waals surface area contributed by atoms with Gasteiger partial charge in [0.15, 0.2) is 5.82 Å². The Labute approximate surface area is 107 Å². The number of rotatable bonds is 2. The van der Waals surface area contributed by atoms with Crippen LogP contribution in [0.15, 0.2) is 22.7 Å². The molecule has 5 nitrogen and oxygen atoms in total.